The molecule has 2 rings (SSSR count). The third kappa shape index (κ3) is 3.11. The van der Waals surface area contributed by atoms with E-state index in [0.29, 0.717) is 5.02 Å². The van der Waals surface area contributed by atoms with Crippen molar-refractivity contribution in [3.05, 3.63) is 70.2 Å². The van der Waals surface area contributed by atoms with Gasteiger partial charge in [0.15, 0.2) is 0 Å². The van der Waals surface area contributed by atoms with Crippen molar-refractivity contribution in [3.63, 3.8) is 0 Å². The monoisotopic (exact) mass is 282 g/mol. The molecule has 0 heterocycles. The third-order valence-electron chi connectivity index (χ3n) is 3.00. The summed E-state index contributed by atoms with van der Waals surface area (Å²) in [6, 6.07) is 10.0. The maximum atomic E-state index is 13.7. The van der Waals surface area contributed by atoms with Gasteiger partial charge in [-0.15, -0.1) is 0 Å². The lowest BCUT2D eigenvalue weighted by Crippen LogP contribution is -2.26. The molecule has 0 aliphatic rings. The second kappa shape index (κ2) is 5.27. The summed E-state index contributed by atoms with van der Waals surface area (Å²) in [6.07, 6.45) is -0.0552. The first-order chi connectivity index (χ1) is 8.90. The molecule has 1 N–H and O–H groups in total. The zero-order valence-electron chi connectivity index (χ0n) is 10.3. The van der Waals surface area contributed by atoms with Gasteiger partial charge >= 0.3 is 0 Å². The molecular formula is C15H13ClF2O. The Bertz CT molecular complexity index is 596. The fourth-order valence-corrected chi connectivity index (χ4v) is 2.24. The van der Waals surface area contributed by atoms with Crippen molar-refractivity contribution in [1.29, 1.82) is 0 Å². The van der Waals surface area contributed by atoms with Crippen LogP contribution in [0.1, 0.15) is 18.1 Å². The van der Waals surface area contributed by atoms with E-state index in [1.807, 2.05) is 0 Å². The van der Waals surface area contributed by atoms with Crippen molar-refractivity contribution in [1.82, 2.24) is 0 Å². The summed E-state index contributed by atoms with van der Waals surface area (Å²) in [6.45, 7) is 1.45. The van der Waals surface area contributed by atoms with E-state index in [9.17, 15) is 13.9 Å². The standard InChI is InChI=1S/C15H13ClF2O/c1-15(19,12-4-2-3-5-14(12)18)9-10-8-11(16)6-7-13(10)17/h2-8,19H,9H2,1H3. The zero-order chi connectivity index (χ0) is 14.0. The van der Waals surface area contributed by atoms with E-state index in [4.69, 9.17) is 11.6 Å². The number of benzene rings is 2. The SMILES string of the molecule is CC(O)(Cc1cc(Cl)ccc1F)c1ccccc1F. The van der Waals surface area contributed by atoms with E-state index >= 15 is 0 Å². The van der Waals surface area contributed by atoms with Crippen LogP contribution in [0.15, 0.2) is 42.5 Å². The number of halogens is 3. The molecule has 1 atom stereocenters. The molecule has 0 aromatic heterocycles. The molecule has 4 heteroatoms. The van der Waals surface area contributed by atoms with Crippen LogP contribution in [0, 0.1) is 11.6 Å². The van der Waals surface area contributed by atoms with Crippen molar-refractivity contribution >= 4 is 11.6 Å². The Labute approximate surface area is 115 Å². The quantitative estimate of drug-likeness (QED) is 0.900. The van der Waals surface area contributed by atoms with E-state index < -0.39 is 17.2 Å². The fourth-order valence-electron chi connectivity index (χ4n) is 2.04. The van der Waals surface area contributed by atoms with Crippen molar-refractivity contribution < 1.29 is 13.9 Å². The largest absolute Gasteiger partial charge is 0.385 e. The lowest BCUT2D eigenvalue weighted by molar-refractivity contribution is 0.0529. The van der Waals surface area contributed by atoms with Crippen LogP contribution < -0.4 is 0 Å². The lowest BCUT2D eigenvalue weighted by atomic mass is 9.88. The number of hydrogen-bond acceptors (Lipinski definition) is 1. The molecule has 0 fully saturated rings. The predicted octanol–water partition coefficient (Wildman–Crippen LogP) is 4.07. The van der Waals surface area contributed by atoms with Crippen LogP contribution >= 0.6 is 11.6 Å². The van der Waals surface area contributed by atoms with Crippen LogP contribution in [0.5, 0.6) is 0 Å². The van der Waals surface area contributed by atoms with Gasteiger partial charge in [0.1, 0.15) is 11.6 Å². The summed E-state index contributed by atoms with van der Waals surface area (Å²) < 4.78 is 27.3. The highest BCUT2D eigenvalue weighted by Crippen LogP contribution is 2.29. The smallest absolute Gasteiger partial charge is 0.129 e. The zero-order valence-corrected chi connectivity index (χ0v) is 11.1. The molecule has 0 spiro atoms. The van der Waals surface area contributed by atoms with E-state index in [-0.39, 0.29) is 17.5 Å². The van der Waals surface area contributed by atoms with Gasteiger partial charge in [-0.25, -0.2) is 8.78 Å². The molecule has 0 aliphatic heterocycles. The Morgan fingerprint density at radius 3 is 2.47 bits per heavy atom. The average molecular weight is 283 g/mol. The lowest BCUT2D eigenvalue weighted by Gasteiger charge is -2.24. The molecule has 0 saturated heterocycles. The highest BCUT2D eigenvalue weighted by atomic mass is 35.5. The van der Waals surface area contributed by atoms with Gasteiger partial charge in [-0.1, -0.05) is 29.8 Å². The van der Waals surface area contributed by atoms with Crippen molar-refractivity contribution in [2.75, 3.05) is 0 Å². The topological polar surface area (TPSA) is 20.2 Å². The van der Waals surface area contributed by atoms with Crippen molar-refractivity contribution in [3.8, 4) is 0 Å². The summed E-state index contributed by atoms with van der Waals surface area (Å²) in [5.74, 6) is -0.990. The average Bonchev–Trinajstić information content (AvgIpc) is 2.34. The Kier molecular flexibility index (Phi) is 3.88. The molecule has 0 amide bonds. The van der Waals surface area contributed by atoms with Crippen LogP contribution in [0.25, 0.3) is 0 Å². The van der Waals surface area contributed by atoms with E-state index in [1.54, 1.807) is 6.07 Å². The molecule has 0 bridgehead atoms. The first kappa shape index (κ1) is 14.0. The minimum absolute atomic E-state index is 0.0552. The molecule has 2 aromatic carbocycles. The molecule has 0 saturated carbocycles. The van der Waals surface area contributed by atoms with Crippen molar-refractivity contribution in [2.45, 2.75) is 18.9 Å². The highest BCUT2D eigenvalue weighted by Gasteiger charge is 2.27. The summed E-state index contributed by atoms with van der Waals surface area (Å²) in [7, 11) is 0. The van der Waals surface area contributed by atoms with Gasteiger partial charge in [-0.2, -0.15) is 0 Å². The first-order valence-electron chi connectivity index (χ1n) is 5.81. The summed E-state index contributed by atoms with van der Waals surface area (Å²) in [5.41, 5.74) is -1.12. The summed E-state index contributed by atoms with van der Waals surface area (Å²) >= 11 is 5.80. The molecule has 19 heavy (non-hydrogen) atoms. The Morgan fingerprint density at radius 2 is 1.79 bits per heavy atom. The van der Waals surface area contributed by atoms with Gasteiger partial charge in [0.2, 0.25) is 0 Å². The third-order valence-corrected chi connectivity index (χ3v) is 3.23. The van der Waals surface area contributed by atoms with Gasteiger partial charge < -0.3 is 5.11 Å². The van der Waals surface area contributed by atoms with Gasteiger partial charge in [-0.05, 0) is 36.8 Å². The Morgan fingerprint density at radius 1 is 1.11 bits per heavy atom. The van der Waals surface area contributed by atoms with Gasteiger partial charge in [0.25, 0.3) is 0 Å². The van der Waals surface area contributed by atoms with E-state index in [1.165, 1.54) is 43.3 Å². The molecular weight excluding hydrogens is 270 g/mol. The predicted molar refractivity (Wildman–Crippen MR) is 71.1 cm³/mol. The maximum absolute atomic E-state index is 13.7. The van der Waals surface area contributed by atoms with Gasteiger partial charge in [0.05, 0.1) is 5.60 Å². The molecule has 1 unspecified atom stereocenters. The summed E-state index contributed by atoms with van der Waals surface area (Å²) in [5, 5.41) is 10.8. The van der Waals surface area contributed by atoms with Crippen molar-refractivity contribution in [2.24, 2.45) is 0 Å². The number of hydrogen-bond donors (Lipinski definition) is 1. The summed E-state index contributed by atoms with van der Waals surface area (Å²) in [4.78, 5) is 0. The molecule has 0 radical (unpaired) electrons. The van der Waals surface area contributed by atoms with Crippen LogP contribution in [0.3, 0.4) is 0 Å². The minimum atomic E-state index is -1.50. The number of aliphatic hydroxyl groups is 1. The molecule has 2 aromatic rings. The van der Waals surface area contributed by atoms with Crippen LogP contribution in [-0.4, -0.2) is 5.11 Å². The highest BCUT2D eigenvalue weighted by molar-refractivity contribution is 6.30. The van der Waals surface area contributed by atoms with Gasteiger partial charge in [-0.3, -0.25) is 0 Å². The fraction of sp³-hybridized carbons (Fsp3) is 0.200. The van der Waals surface area contributed by atoms with Crippen LogP contribution in [0.4, 0.5) is 8.78 Å². The second-order valence-electron chi connectivity index (χ2n) is 4.67. The van der Waals surface area contributed by atoms with Gasteiger partial charge in [0, 0.05) is 17.0 Å². The Hall–Kier alpha value is -1.45. The minimum Gasteiger partial charge on any atom is -0.385 e. The molecule has 0 aliphatic carbocycles. The van der Waals surface area contributed by atoms with E-state index in [2.05, 4.69) is 0 Å². The first-order valence-corrected chi connectivity index (χ1v) is 6.19. The molecule has 100 valence electrons. The Balaban J connectivity index is 2.36. The maximum Gasteiger partial charge on any atom is 0.129 e. The van der Waals surface area contributed by atoms with E-state index in [0.717, 1.165) is 0 Å². The number of rotatable bonds is 3. The normalized spacial score (nSPS) is 14.2. The van der Waals surface area contributed by atoms with Crippen LogP contribution in [-0.2, 0) is 12.0 Å². The molecule has 1 nitrogen and oxygen atoms in total. The van der Waals surface area contributed by atoms with Crippen LogP contribution in [0.2, 0.25) is 5.02 Å². The second-order valence-corrected chi connectivity index (χ2v) is 5.10.